The van der Waals surface area contributed by atoms with E-state index in [2.05, 4.69) is 31.5 Å². The molecule has 0 aromatic carbocycles. The molecule has 0 aliphatic heterocycles. The van der Waals surface area contributed by atoms with Crippen LogP contribution in [0.2, 0.25) is 0 Å². The number of fused-ring (bicyclic) bond motifs is 1. The molecule has 0 spiro atoms. The van der Waals surface area contributed by atoms with E-state index in [-0.39, 0.29) is 17.7 Å². The second-order valence-electron chi connectivity index (χ2n) is 6.32. The SMILES string of the molecule is CC(C)C(=O)Nc1sc2c(c1C(=O)NCc1cnc(Br)s1)CCCC2. The second kappa shape index (κ2) is 7.97. The first-order valence-corrected chi connectivity index (χ1v) is 10.7. The van der Waals surface area contributed by atoms with Gasteiger partial charge in [0.25, 0.3) is 5.91 Å². The van der Waals surface area contributed by atoms with Crippen LogP contribution in [0.1, 0.15) is 52.4 Å². The summed E-state index contributed by atoms with van der Waals surface area (Å²) in [7, 11) is 0. The Kier molecular flexibility index (Phi) is 5.91. The van der Waals surface area contributed by atoms with Crippen LogP contribution in [0, 0.1) is 5.92 Å². The van der Waals surface area contributed by atoms with Gasteiger partial charge in [-0.25, -0.2) is 4.98 Å². The molecule has 2 aromatic rings. The summed E-state index contributed by atoms with van der Waals surface area (Å²) in [5.74, 6) is -0.299. The molecule has 1 aliphatic carbocycles. The summed E-state index contributed by atoms with van der Waals surface area (Å²) in [6.45, 7) is 4.14. The van der Waals surface area contributed by atoms with Crippen molar-refractivity contribution in [3.8, 4) is 0 Å². The van der Waals surface area contributed by atoms with Crippen LogP contribution in [0.3, 0.4) is 0 Å². The number of nitrogens with one attached hydrogen (secondary N) is 2. The fraction of sp³-hybridized carbons (Fsp3) is 0.471. The third-order valence-electron chi connectivity index (χ3n) is 4.11. The standard InChI is InChI=1S/C17H20BrN3O2S2/c1-9(2)14(22)21-16-13(11-5-3-4-6-12(11)25-16)15(23)19-7-10-8-20-17(18)24-10/h8-9H,3-7H2,1-2H3,(H,19,23)(H,21,22). The van der Waals surface area contributed by atoms with E-state index in [1.165, 1.54) is 16.2 Å². The molecule has 0 unspecified atom stereocenters. The molecule has 0 atom stereocenters. The van der Waals surface area contributed by atoms with Crippen molar-refractivity contribution >= 4 is 55.4 Å². The molecule has 134 valence electrons. The summed E-state index contributed by atoms with van der Waals surface area (Å²) in [5, 5.41) is 6.61. The highest BCUT2D eigenvalue weighted by atomic mass is 79.9. The lowest BCUT2D eigenvalue weighted by atomic mass is 9.95. The lowest BCUT2D eigenvalue weighted by Crippen LogP contribution is -2.26. The Morgan fingerprint density at radius 3 is 2.72 bits per heavy atom. The number of anilines is 1. The van der Waals surface area contributed by atoms with Crippen molar-refractivity contribution in [2.75, 3.05) is 5.32 Å². The molecule has 1 aliphatic rings. The van der Waals surface area contributed by atoms with Crippen molar-refractivity contribution in [2.45, 2.75) is 46.1 Å². The molecular formula is C17H20BrN3O2S2. The van der Waals surface area contributed by atoms with E-state index in [0.717, 1.165) is 40.0 Å². The number of carbonyl (C=O) groups is 2. The number of aryl methyl sites for hydroxylation is 1. The van der Waals surface area contributed by atoms with E-state index in [0.29, 0.717) is 17.1 Å². The van der Waals surface area contributed by atoms with Crippen LogP contribution < -0.4 is 10.6 Å². The van der Waals surface area contributed by atoms with Crippen LogP contribution in [0.15, 0.2) is 10.1 Å². The Morgan fingerprint density at radius 1 is 1.28 bits per heavy atom. The minimum atomic E-state index is -0.122. The molecule has 0 saturated heterocycles. The van der Waals surface area contributed by atoms with Gasteiger partial charge in [-0.2, -0.15) is 0 Å². The molecule has 0 fully saturated rings. The molecule has 2 aromatic heterocycles. The summed E-state index contributed by atoms with van der Waals surface area (Å²) < 4.78 is 0.801. The molecule has 2 N–H and O–H groups in total. The van der Waals surface area contributed by atoms with Gasteiger partial charge in [0.1, 0.15) is 5.00 Å². The maximum Gasteiger partial charge on any atom is 0.254 e. The summed E-state index contributed by atoms with van der Waals surface area (Å²) in [4.78, 5) is 31.3. The second-order valence-corrected chi connectivity index (χ2v) is 9.82. The number of amides is 2. The number of halogens is 1. The number of thiophene rings is 1. The van der Waals surface area contributed by atoms with Crippen LogP contribution in [-0.2, 0) is 24.2 Å². The molecule has 25 heavy (non-hydrogen) atoms. The highest BCUT2D eigenvalue weighted by molar-refractivity contribution is 9.11. The number of rotatable bonds is 5. The van der Waals surface area contributed by atoms with Gasteiger partial charge in [0.05, 0.1) is 12.1 Å². The summed E-state index contributed by atoms with van der Waals surface area (Å²) >= 11 is 6.38. The highest BCUT2D eigenvalue weighted by Gasteiger charge is 2.26. The van der Waals surface area contributed by atoms with E-state index >= 15 is 0 Å². The van der Waals surface area contributed by atoms with Crippen LogP contribution in [-0.4, -0.2) is 16.8 Å². The molecular weight excluding hydrogens is 422 g/mol. The monoisotopic (exact) mass is 441 g/mol. The van der Waals surface area contributed by atoms with Crippen LogP contribution in [0.25, 0.3) is 0 Å². The zero-order valence-electron chi connectivity index (χ0n) is 14.1. The fourth-order valence-electron chi connectivity index (χ4n) is 2.77. The van der Waals surface area contributed by atoms with Gasteiger partial charge >= 0.3 is 0 Å². The van der Waals surface area contributed by atoms with Crippen molar-refractivity contribution in [1.29, 1.82) is 0 Å². The van der Waals surface area contributed by atoms with E-state index in [4.69, 9.17) is 0 Å². The topological polar surface area (TPSA) is 71.1 Å². The Hall–Kier alpha value is -1.25. The van der Waals surface area contributed by atoms with Crippen LogP contribution in [0.4, 0.5) is 5.00 Å². The number of hydrogen-bond donors (Lipinski definition) is 2. The van der Waals surface area contributed by atoms with Crippen molar-refractivity contribution < 1.29 is 9.59 Å². The van der Waals surface area contributed by atoms with Gasteiger partial charge < -0.3 is 10.6 Å². The van der Waals surface area contributed by atoms with Gasteiger partial charge in [0.15, 0.2) is 3.92 Å². The Balaban J connectivity index is 1.83. The third-order valence-corrected chi connectivity index (χ3v) is 6.79. The number of nitrogens with zero attached hydrogens (tertiary/aromatic N) is 1. The van der Waals surface area contributed by atoms with Gasteiger partial charge in [-0.05, 0) is 47.2 Å². The van der Waals surface area contributed by atoms with Crippen molar-refractivity contribution in [3.05, 3.63) is 31.0 Å². The van der Waals surface area contributed by atoms with Gasteiger partial charge in [0.2, 0.25) is 5.91 Å². The Morgan fingerprint density at radius 2 is 2.04 bits per heavy atom. The summed E-state index contributed by atoms with van der Waals surface area (Å²) in [6, 6.07) is 0. The molecule has 0 saturated carbocycles. The largest absolute Gasteiger partial charge is 0.347 e. The van der Waals surface area contributed by atoms with Crippen molar-refractivity contribution in [3.63, 3.8) is 0 Å². The average Bonchev–Trinajstić information content (AvgIpc) is 3.15. The lowest BCUT2D eigenvalue weighted by molar-refractivity contribution is -0.118. The lowest BCUT2D eigenvalue weighted by Gasteiger charge is -2.13. The molecule has 8 heteroatoms. The van der Waals surface area contributed by atoms with E-state index in [1.54, 1.807) is 17.5 Å². The third kappa shape index (κ3) is 4.30. The zero-order valence-corrected chi connectivity index (χ0v) is 17.4. The number of carbonyl (C=O) groups excluding carboxylic acids is 2. The minimum Gasteiger partial charge on any atom is -0.347 e. The van der Waals surface area contributed by atoms with Crippen LogP contribution >= 0.6 is 38.6 Å². The van der Waals surface area contributed by atoms with E-state index < -0.39 is 0 Å². The molecule has 5 nitrogen and oxygen atoms in total. The van der Waals surface area contributed by atoms with Crippen molar-refractivity contribution in [2.24, 2.45) is 5.92 Å². The zero-order chi connectivity index (χ0) is 18.0. The Labute approximate surface area is 163 Å². The molecule has 2 amide bonds. The summed E-state index contributed by atoms with van der Waals surface area (Å²) in [6.07, 6.45) is 5.86. The van der Waals surface area contributed by atoms with Crippen molar-refractivity contribution in [1.82, 2.24) is 10.3 Å². The number of thiazole rings is 1. The predicted molar refractivity (Wildman–Crippen MR) is 105 cm³/mol. The van der Waals surface area contributed by atoms with Gasteiger partial charge in [0, 0.05) is 21.9 Å². The smallest absolute Gasteiger partial charge is 0.254 e. The first-order valence-electron chi connectivity index (χ1n) is 8.29. The average molecular weight is 442 g/mol. The molecule has 0 radical (unpaired) electrons. The maximum atomic E-state index is 12.8. The summed E-state index contributed by atoms with van der Waals surface area (Å²) in [5.41, 5.74) is 1.76. The number of hydrogen-bond acceptors (Lipinski definition) is 5. The maximum absolute atomic E-state index is 12.8. The fourth-order valence-corrected chi connectivity index (χ4v) is 5.36. The predicted octanol–water partition coefficient (Wildman–Crippen LogP) is 4.37. The first kappa shape index (κ1) is 18.5. The molecule has 0 bridgehead atoms. The highest BCUT2D eigenvalue weighted by Crippen LogP contribution is 2.38. The van der Waals surface area contributed by atoms with E-state index in [1.807, 2.05) is 13.8 Å². The normalized spacial score (nSPS) is 13.6. The quantitative estimate of drug-likeness (QED) is 0.723. The molecule has 3 rings (SSSR count). The van der Waals surface area contributed by atoms with E-state index in [9.17, 15) is 9.59 Å². The minimum absolute atomic E-state index is 0.0564. The first-order chi connectivity index (χ1) is 12.0. The Bertz CT molecular complexity index is 798. The van der Waals surface area contributed by atoms with Crippen LogP contribution in [0.5, 0.6) is 0 Å². The molecule has 2 heterocycles. The van der Waals surface area contributed by atoms with Gasteiger partial charge in [-0.3, -0.25) is 9.59 Å². The number of aromatic nitrogens is 1. The van der Waals surface area contributed by atoms with Gasteiger partial charge in [-0.15, -0.1) is 22.7 Å². The van der Waals surface area contributed by atoms with Gasteiger partial charge in [-0.1, -0.05) is 13.8 Å².